The zero-order chi connectivity index (χ0) is 19.2. The van der Waals surface area contributed by atoms with Crippen LogP contribution in [0, 0.1) is 5.92 Å². The second-order valence-electron chi connectivity index (χ2n) is 6.07. The third-order valence-electron chi connectivity index (χ3n) is 4.07. The second-order valence-corrected chi connectivity index (χ2v) is 6.07. The van der Waals surface area contributed by atoms with Gasteiger partial charge in [-0.2, -0.15) is 13.2 Å². The highest BCUT2D eigenvalue weighted by atomic mass is 19.4. The van der Waals surface area contributed by atoms with Crippen LogP contribution >= 0.6 is 0 Å². The molecule has 2 aliphatic rings. The van der Waals surface area contributed by atoms with Crippen LogP contribution < -0.4 is 0 Å². The van der Waals surface area contributed by atoms with Crippen molar-refractivity contribution in [2.24, 2.45) is 5.92 Å². The minimum Gasteiger partial charge on any atom is -0.508 e. The van der Waals surface area contributed by atoms with E-state index in [1.54, 1.807) is 30.4 Å². The first-order chi connectivity index (χ1) is 12.3. The lowest BCUT2D eigenvalue weighted by molar-refractivity contribution is -0.346. The number of aliphatic carboxylic acids is 1. The van der Waals surface area contributed by atoms with Gasteiger partial charge in [-0.15, -0.1) is 0 Å². The lowest BCUT2D eigenvalue weighted by Gasteiger charge is -2.38. The number of carboxylic acid groups (broad SMARTS) is 1. The standard InChI is InChI=1S/C18H21F3O5/c19-18(20,21)17-25-11-12(7-3-1-6-10-15(23)24)16(26-17)13-8-4-2-5-9-14(13)22/h1-5,9,12,16-17,22H,6-8,10-11H2,(H,23,24)/b3-1-/t12-,16+,17+/m1/s1. The van der Waals surface area contributed by atoms with Gasteiger partial charge in [-0.1, -0.05) is 30.4 Å². The van der Waals surface area contributed by atoms with Crippen LogP contribution in [-0.2, 0) is 14.3 Å². The maximum atomic E-state index is 13.0. The van der Waals surface area contributed by atoms with Crippen molar-refractivity contribution >= 4 is 5.97 Å². The SMILES string of the molecule is O=C(O)CC/C=C\C[C@@H]1CO[C@H](C(F)(F)F)O[C@@H]1C1=C(O)C=CC=CC1. The molecule has 2 N–H and O–H groups in total. The molecule has 0 aromatic carbocycles. The molecular formula is C18H21F3O5. The van der Waals surface area contributed by atoms with Crippen LogP contribution in [0.3, 0.4) is 0 Å². The monoisotopic (exact) mass is 374 g/mol. The van der Waals surface area contributed by atoms with E-state index in [1.807, 2.05) is 0 Å². The Balaban J connectivity index is 2.13. The van der Waals surface area contributed by atoms with Crippen molar-refractivity contribution in [1.29, 1.82) is 0 Å². The molecule has 1 fully saturated rings. The second kappa shape index (κ2) is 9.05. The first-order valence-electron chi connectivity index (χ1n) is 8.25. The number of ether oxygens (including phenoxy) is 2. The fraction of sp³-hybridized carbons (Fsp3) is 0.500. The van der Waals surface area contributed by atoms with E-state index in [2.05, 4.69) is 0 Å². The molecule has 0 bridgehead atoms. The average Bonchev–Trinajstić information content (AvgIpc) is 2.78. The Labute approximate surface area is 149 Å². The van der Waals surface area contributed by atoms with Gasteiger partial charge in [0.1, 0.15) is 5.76 Å². The van der Waals surface area contributed by atoms with E-state index in [-0.39, 0.29) is 25.2 Å². The number of carboxylic acids is 1. The molecule has 1 saturated heterocycles. The minimum atomic E-state index is -4.66. The molecule has 0 aromatic rings. The summed E-state index contributed by atoms with van der Waals surface area (Å²) in [5.74, 6) is -1.45. The smallest absolute Gasteiger partial charge is 0.440 e. The van der Waals surface area contributed by atoms with Gasteiger partial charge in [0.15, 0.2) is 0 Å². The molecule has 0 radical (unpaired) electrons. The summed E-state index contributed by atoms with van der Waals surface area (Å²) in [4.78, 5) is 10.5. The summed E-state index contributed by atoms with van der Waals surface area (Å²) in [7, 11) is 0. The highest BCUT2D eigenvalue weighted by Gasteiger charge is 2.48. The lowest BCUT2D eigenvalue weighted by Crippen LogP contribution is -2.47. The minimum absolute atomic E-state index is 0.0186. The summed E-state index contributed by atoms with van der Waals surface area (Å²) < 4.78 is 49.0. The third-order valence-corrected chi connectivity index (χ3v) is 4.07. The Morgan fingerprint density at radius 1 is 1.31 bits per heavy atom. The van der Waals surface area contributed by atoms with Gasteiger partial charge in [0.2, 0.25) is 0 Å². The van der Waals surface area contributed by atoms with Crippen molar-refractivity contribution < 1.29 is 37.7 Å². The summed E-state index contributed by atoms with van der Waals surface area (Å²) in [6.45, 7) is -0.178. The molecule has 8 heteroatoms. The summed E-state index contributed by atoms with van der Waals surface area (Å²) in [5.41, 5.74) is 0.372. The van der Waals surface area contributed by atoms with Crippen LogP contribution in [0.4, 0.5) is 13.2 Å². The quantitative estimate of drug-likeness (QED) is 0.686. The first kappa shape index (κ1) is 20.3. The Kier molecular flexibility index (Phi) is 7.05. The summed E-state index contributed by atoms with van der Waals surface area (Å²) >= 11 is 0. The Morgan fingerprint density at radius 2 is 2.08 bits per heavy atom. The molecule has 0 spiro atoms. The van der Waals surface area contributed by atoms with Crippen LogP contribution in [0.5, 0.6) is 0 Å². The number of aliphatic hydroxyl groups is 1. The van der Waals surface area contributed by atoms with Crippen LogP contribution in [0.15, 0.2) is 47.8 Å². The average molecular weight is 374 g/mol. The van der Waals surface area contributed by atoms with Crippen molar-refractivity contribution in [1.82, 2.24) is 0 Å². The number of carbonyl (C=O) groups is 1. The van der Waals surface area contributed by atoms with Crippen molar-refractivity contribution in [2.45, 2.75) is 44.3 Å². The largest absolute Gasteiger partial charge is 0.508 e. The van der Waals surface area contributed by atoms with Crippen molar-refractivity contribution in [2.75, 3.05) is 6.61 Å². The van der Waals surface area contributed by atoms with Gasteiger partial charge in [-0.25, -0.2) is 0 Å². The predicted octanol–water partition coefficient (Wildman–Crippen LogP) is 4.05. The number of halogens is 3. The Hall–Kier alpha value is -2.06. The molecule has 144 valence electrons. The van der Waals surface area contributed by atoms with Gasteiger partial charge >= 0.3 is 12.1 Å². The molecule has 3 atom stereocenters. The Morgan fingerprint density at radius 3 is 2.77 bits per heavy atom. The summed E-state index contributed by atoms with van der Waals surface area (Å²) in [6.07, 6.45) is 2.81. The van der Waals surface area contributed by atoms with Crippen LogP contribution in [0.2, 0.25) is 0 Å². The van der Waals surface area contributed by atoms with E-state index in [1.165, 1.54) is 6.08 Å². The lowest BCUT2D eigenvalue weighted by atomic mass is 9.89. The molecule has 1 aliphatic carbocycles. The number of hydrogen-bond donors (Lipinski definition) is 2. The van der Waals surface area contributed by atoms with Crippen molar-refractivity contribution in [3.8, 4) is 0 Å². The normalized spacial score (nSPS) is 27.1. The van der Waals surface area contributed by atoms with Crippen molar-refractivity contribution in [3.63, 3.8) is 0 Å². The molecule has 0 saturated carbocycles. The fourth-order valence-corrected chi connectivity index (χ4v) is 2.80. The zero-order valence-electron chi connectivity index (χ0n) is 14.0. The van der Waals surface area contributed by atoms with Gasteiger partial charge in [0.05, 0.1) is 12.7 Å². The third kappa shape index (κ3) is 5.74. The van der Waals surface area contributed by atoms with E-state index in [0.717, 1.165) is 0 Å². The van der Waals surface area contributed by atoms with E-state index < -0.39 is 30.5 Å². The predicted molar refractivity (Wildman–Crippen MR) is 87.3 cm³/mol. The number of rotatable bonds is 6. The van der Waals surface area contributed by atoms with E-state index in [0.29, 0.717) is 18.4 Å². The van der Waals surface area contributed by atoms with Gasteiger partial charge < -0.3 is 19.7 Å². The number of hydrogen-bond acceptors (Lipinski definition) is 4. The van der Waals surface area contributed by atoms with Gasteiger partial charge in [-0.3, -0.25) is 4.79 Å². The molecule has 26 heavy (non-hydrogen) atoms. The molecule has 0 amide bonds. The van der Waals surface area contributed by atoms with Crippen molar-refractivity contribution in [3.05, 3.63) is 47.8 Å². The topological polar surface area (TPSA) is 76.0 Å². The van der Waals surface area contributed by atoms with Gasteiger partial charge in [0.25, 0.3) is 6.29 Å². The summed E-state index contributed by atoms with van der Waals surface area (Å²) in [5, 5.41) is 18.8. The molecule has 1 heterocycles. The molecule has 2 rings (SSSR count). The van der Waals surface area contributed by atoms with Crippen LogP contribution in [-0.4, -0.2) is 41.4 Å². The first-order valence-corrected chi connectivity index (χ1v) is 8.25. The number of allylic oxidation sites excluding steroid dienone is 6. The zero-order valence-corrected chi connectivity index (χ0v) is 14.0. The van der Waals surface area contributed by atoms with Gasteiger partial charge in [0, 0.05) is 17.9 Å². The molecule has 0 unspecified atom stereocenters. The van der Waals surface area contributed by atoms with Gasteiger partial charge in [-0.05, 0) is 25.3 Å². The maximum Gasteiger partial charge on any atom is 0.440 e. The van der Waals surface area contributed by atoms with Crippen LogP contribution in [0.1, 0.15) is 25.7 Å². The summed E-state index contributed by atoms with van der Waals surface area (Å²) in [6, 6.07) is 0. The van der Waals surface area contributed by atoms with E-state index >= 15 is 0 Å². The number of alkyl halides is 3. The van der Waals surface area contributed by atoms with Crippen LogP contribution in [0.25, 0.3) is 0 Å². The molecule has 1 aliphatic heterocycles. The molecular weight excluding hydrogens is 353 g/mol. The molecule has 0 aromatic heterocycles. The molecule has 5 nitrogen and oxygen atoms in total. The van der Waals surface area contributed by atoms with E-state index in [4.69, 9.17) is 14.6 Å². The highest BCUT2D eigenvalue weighted by Crippen LogP contribution is 2.36. The fourth-order valence-electron chi connectivity index (χ4n) is 2.80. The van der Waals surface area contributed by atoms with E-state index in [9.17, 15) is 23.1 Å². The number of aliphatic hydroxyl groups excluding tert-OH is 1. The highest BCUT2D eigenvalue weighted by molar-refractivity contribution is 5.66. The maximum absolute atomic E-state index is 13.0. The Bertz CT molecular complexity index is 619.